The normalized spacial score (nSPS) is 39.9. The van der Waals surface area contributed by atoms with Crippen molar-refractivity contribution < 1.29 is 25.2 Å². The van der Waals surface area contributed by atoms with E-state index in [1.165, 1.54) is 17.1 Å². The van der Waals surface area contributed by atoms with Gasteiger partial charge in [-0.2, -0.15) is 0 Å². The molecule has 0 amide bonds. The Balaban J connectivity index is 2.20. The van der Waals surface area contributed by atoms with E-state index >= 15 is 0 Å². The lowest BCUT2D eigenvalue weighted by Gasteiger charge is -2.39. The molecule has 1 aromatic heterocycles. The highest BCUT2D eigenvalue weighted by Gasteiger charge is 2.44. The first-order valence-corrected chi connectivity index (χ1v) is 4.81. The number of aliphatic hydroxyl groups excluding tert-OH is 4. The van der Waals surface area contributed by atoms with Gasteiger partial charge in [0.05, 0.1) is 12.8 Å². The second kappa shape index (κ2) is 4.44. The zero-order chi connectivity index (χ0) is 11.7. The molecule has 8 heteroatoms. The molecule has 1 aliphatic heterocycles. The van der Waals surface area contributed by atoms with Gasteiger partial charge in [-0.05, 0) is 0 Å². The van der Waals surface area contributed by atoms with Crippen LogP contribution >= 0.6 is 0 Å². The maximum absolute atomic E-state index is 9.69. The van der Waals surface area contributed by atoms with Crippen LogP contribution in [-0.2, 0) is 4.74 Å². The van der Waals surface area contributed by atoms with Crippen LogP contribution < -0.4 is 0 Å². The Kier molecular flexibility index (Phi) is 3.17. The molecule has 5 atom stereocenters. The second-order valence-electron chi connectivity index (χ2n) is 3.60. The molecule has 1 fully saturated rings. The Morgan fingerprint density at radius 2 is 1.94 bits per heavy atom. The molecule has 90 valence electrons. The molecule has 0 aromatic carbocycles. The van der Waals surface area contributed by atoms with Crippen molar-refractivity contribution in [1.82, 2.24) is 15.0 Å². The minimum Gasteiger partial charge on any atom is -0.394 e. The van der Waals surface area contributed by atoms with Crippen molar-refractivity contribution in [2.75, 3.05) is 6.61 Å². The molecule has 16 heavy (non-hydrogen) atoms. The molecule has 4 N–H and O–H groups in total. The van der Waals surface area contributed by atoms with Crippen molar-refractivity contribution in [3.8, 4) is 0 Å². The number of hydrogen-bond donors (Lipinski definition) is 4. The summed E-state index contributed by atoms with van der Waals surface area (Å²) >= 11 is 0. The summed E-state index contributed by atoms with van der Waals surface area (Å²) in [6.07, 6.45) is -3.17. The molecule has 0 radical (unpaired) electrons. The van der Waals surface area contributed by atoms with E-state index in [2.05, 4.69) is 10.3 Å². The van der Waals surface area contributed by atoms with Crippen LogP contribution in [0.25, 0.3) is 0 Å². The predicted octanol–water partition coefficient (Wildman–Crippen LogP) is -2.75. The molecule has 0 spiro atoms. The Bertz CT molecular complexity index is 330. The summed E-state index contributed by atoms with van der Waals surface area (Å²) in [4.78, 5) is 0. The summed E-state index contributed by atoms with van der Waals surface area (Å²) in [6, 6.07) is 0. The number of hydrogen-bond acceptors (Lipinski definition) is 7. The van der Waals surface area contributed by atoms with Gasteiger partial charge in [-0.15, -0.1) is 5.10 Å². The number of rotatable bonds is 2. The highest BCUT2D eigenvalue weighted by molar-refractivity contribution is 4.90. The van der Waals surface area contributed by atoms with Gasteiger partial charge in [0, 0.05) is 6.20 Å². The van der Waals surface area contributed by atoms with Gasteiger partial charge in [0.15, 0.2) is 6.23 Å². The van der Waals surface area contributed by atoms with E-state index in [1.54, 1.807) is 0 Å². The molecule has 2 rings (SSSR count). The highest BCUT2D eigenvalue weighted by atomic mass is 16.6. The van der Waals surface area contributed by atoms with Crippen LogP contribution in [0.2, 0.25) is 0 Å². The first kappa shape index (κ1) is 11.4. The second-order valence-corrected chi connectivity index (χ2v) is 3.60. The maximum atomic E-state index is 9.69. The Morgan fingerprint density at radius 3 is 2.50 bits per heavy atom. The molecule has 1 aliphatic rings. The van der Waals surface area contributed by atoms with E-state index < -0.39 is 37.3 Å². The lowest BCUT2D eigenvalue weighted by molar-refractivity contribution is -0.254. The van der Waals surface area contributed by atoms with Crippen LogP contribution in [0.1, 0.15) is 6.23 Å². The van der Waals surface area contributed by atoms with Gasteiger partial charge in [0.25, 0.3) is 0 Å². The number of aromatic nitrogens is 3. The van der Waals surface area contributed by atoms with Crippen molar-refractivity contribution >= 4 is 0 Å². The largest absolute Gasteiger partial charge is 0.394 e. The third kappa shape index (κ3) is 1.81. The summed E-state index contributed by atoms with van der Waals surface area (Å²) < 4.78 is 6.44. The van der Waals surface area contributed by atoms with Crippen LogP contribution in [0.4, 0.5) is 0 Å². The Labute approximate surface area is 90.7 Å². The molecule has 0 saturated carbocycles. The fourth-order valence-corrected chi connectivity index (χ4v) is 1.65. The fraction of sp³-hybridized carbons (Fsp3) is 0.750. The van der Waals surface area contributed by atoms with E-state index in [-0.39, 0.29) is 0 Å². The van der Waals surface area contributed by atoms with Gasteiger partial charge >= 0.3 is 0 Å². The summed E-state index contributed by atoms with van der Waals surface area (Å²) in [5.41, 5.74) is 0. The molecule has 2 heterocycles. The third-order valence-electron chi connectivity index (χ3n) is 2.57. The van der Waals surface area contributed by atoms with Gasteiger partial charge < -0.3 is 25.2 Å². The maximum Gasteiger partial charge on any atom is 0.180 e. The first-order valence-electron chi connectivity index (χ1n) is 4.81. The fourth-order valence-electron chi connectivity index (χ4n) is 1.65. The zero-order valence-electron chi connectivity index (χ0n) is 8.29. The molecular formula is C8H13N3O5. The predicted molar refractivity (Wildman–Crippen MR) is 49.0 cm³/mol. The monoisotopic (exact) mass is 231 g/mol. The molecule has 0 aliphatic carbocycles. The van der Waals surface area contributed by atoms with E-state index in [0.29, 0.717) is 0 Å². The lowest BCUT2D eigenvalue weighted by Crippen LogP contribution is -2.56. The van der Waals surface area contributed by atoms with E-state index in [9.17, 15) is 15.3 Å². The van der Waals surface area contributed by atoms with Gasteiger partial charge in [-0.3, -0.25) is 0 Å². The summed E-state index contributed by atoms with van der Waals surface area (Å²) in [5.74, 6) is 0. The minimum absolute atomic E-state index is 0.462. The molecule has 0 bridgehead atoms. The third-order valence-corrected chi connectivity index (χ3v) is 2.57. The van der Waals surface area contributed by atoms with E-state index in [4.69, 9.17) is 9.84 Å². The van der Waals surface area contributed by atoms with Crippen molar-refractivity contribution in [2.45, 2.75) is 30.6 Å². The molecule has 1 aromatic rings. The highest BCUT2D eigenvalue weighted by Crippen LogP contribution is 2.27. The smallest absolute Gasteiger partial charge is 0.180 e. The summed E-state index contributed by atoms with van der Waals surface area (Å²) in [7, 11) is 0. The number of aliphatic hydroxyl groups is 4. The molecule has 0 unspecified atom stereocenters. The number of nitrogens with zero attached hydrogens (tertiary/aromatic N) is 3. The van der Waals surface area contributed by atoms with Gasteiger partial charge in [0.1, 0.15) is 24.4 Å². The van der Waals surface area contributed by atoms with Gasteiger partial charge in [-0.25, -0.2) is 4.68 Å². The van der Waals surface area contributed by atoms with Crippen molar-refractivity contribution in [3.63, 3.8) is 0 Å². The van der Waals surface area contributed by atoms with Crippen LogP contribution in [0.15, 0.2) is 12.4 Å². The average Bonchev–Trinajstić information content (AvgIpc) is 2.80. The average molecular weight is 231 g/mol. The van der Waals surface area contributed by atoms with Crippen LogP contribution in [0.5, 0.6) is 0 Å². The van der Waals surface area contributed by atoms with Crippen molar-refractivity contribution in [3.05, 3.63) is 12.4 Å². The summed E-state index contributed by atoms with van der Waals surface area (Å²) in [5, 5.41) is 44.9. The molecule has 1 saturated heterocycles. The van der Waals surface area contributed by atoms with Crippen molar-refractivity contribution in [2.24, 2.45) is 0 Å². The van der Waals surface area contributed by atoms with E-state index in [0.717, 1.165) is 0 Å². The van der Waals surface area contributed by atoms with Crippen LogP contribution in [-0.4, -0.2) is 66.4 Å². The number of ether oxygens (including phenoxy) is 1. The minimum atomic E-state index is -1.40. The molecular weight excluding hydrogens is 218 g/mol. The SMILES string of the molecule is OC[C@H]1O[C@H](n2ccnn2)[C@H](O)[C@@H](O)[C@H]1O. The topological polar surface area (TPSA) is 121 Å². The molecule has 8 nitrogen and oxygen atoms in total. The standard InChI is InChI=1S/C8H13N3O5/c12-3-4-5(13)6(14)7(15)8(16-4)11-2-1-9-10-11/h1-2,4-8,12-15H,3H2/t4-,5+,6+,7-,8+/m1/s1. The Hall–Kier alpha value is -1.06. The van der Waals surface area contributed by atoms with Gasteiger partial charge in [-0.1, -0.05) is 5.21 Å². The lowest BCUT2D eigenvalue weighted by atomic mass is 9.98. The quantitative estimate of drug-likeness (QED) is 0.435. The van der Waals surface area contributed by atoms with Crippen LogP contribution in [0.3, 0.4) is 0 Å². The van der Waals surface area contributed by atoms with Crippen molar-refractivity contribution in [1.29, 1.82) is 0 Å². The summed E-state index contributed by atoms with van der Waals surface area (Å²) in [6.45, 7) is -0.462. The zero-order valence-corrected chi connectivity index (χ0v) is 8.29. The first-order chi connectivity index (χ1) is 7.65. The van der Waals surface area contributed by atoms with Crippen LogP contribution in [0, 0.1) is 0 Å². The van der Waals surface area contributed by atoms with Gasteiger partial charge in [0.2, 0.25) is 0 Å². The Morgan fingerprint density at radius 1 is 1.19 bits per heavy atom. The van der Waals surface area contributed by atoms with E-state index in [1.807, 2.05) is 0 Å².